The lowest BCUT2D eigenvalue weighted by Crippen LogP contribution is -1.89. The lowest BCUT2D eigenvalue weighted by molar-refractivity contribution is 0.146. The minimum absolute atomic E-state index is 0.172. The van der Waals surface area contributed by atoms with Crippen molar-refractivity contribution in [3.05, 3.63) is 29.6 Å². The van der Waals surface area contributed by atoms with Crippen LogP contribution in [0.2, 0.25) is 0 Å². The minimum atomic E-state index is -2.47. The van der Waals surface area contributed by atoms with Crippen LogP contribution in [0.5, 0.6) is 0 Å². The van der Waals surface area contributed by atoms with Crippen molar-refractivity contribution in [2.45, 2.75) is 11.8 Å². The fourth-order valence-electron chi connectivity index (χ4n) is 0.644. The second kappa shape index (κ2) is 3.76. The highest BCUT2D eigenvalue weighted by molar-refractivity contribution is 9.08. The molecule has 0 saturated carbocycles. The summed E-state index contributed by atoms with van der Waals surface area (Å²) in [6.45, 7) is 0. The first-order chi connectivity index (χ1) is 5.24. The third kappa shape index (κ3) is 2.22. The summed E-state index contributed by atoms with van der Waals surface area (Å²) in [5, 5.41) is 0.642. The maximum Gasteiger partial charge on any atom is 0.280 e. The number of pyridine rings is 1. The van der Waals surface area contributed by atoms with Crippen molar-refractivity contribution < 1.29 is 8.78 Å². The molecule has 0 aliphatic carbocycles. The molecule has 1 aromatic heterocycles. The Bertz CT molecular complexity index is 222. The number of alkyl halides is 3. The molecule has 1 nitrogen and oxygen atoms in total. The fraction of sp³-hybridized carbons (Fsp3) is 0.286. The van der Waals surface area contributed by atoms with Gasteiger partial charge in [0.2, 0.25) is 0 Å². The van der Waals surface area contributed by atoms with E-state index in [4.69, 9.17) is 0 Å². The lowest BCUT2D eigenvalue weighted by atomic mass is 10.3. The predicted octanol–water partition coefficient (Wildman–Crippen LogP) is 2.91. The van der Waals surface area contributed by atoms with Crippen molar-refractivity contribution in [3.8, 4) is 0 Å². The Morgan fingerprint density at radius 1 is 1.45 bits per heavy atom. The summed E-state index contributed by atoms with van der Waals surface area (Å²) >= 11 is 3.19. The van der Waals surface area contributed by atoms with Gasteiger partial charge in [-0.15, -0.1) is 0 Å². The third-order valence-electron chi connectivity index (χ3n) is 1.23. The van der Waals surface area contributed by atoms with Gasteiger partial charge in [0.15, 0.2) is 0 Å². The van der Waals surface area contributed by atoms with Crippen molar-refractivity contribution in [2.24, 2.45) is 0 Å². The fourth-order valence-corrected chi connectivity index (χ4v) is 0.976. The molecule has 0 aromatic carbocycles. The number of hydrogen-bond acceptors (Lipinski definition) is 1. The van der Waals surface area contributed by atoms with E-state index in [1.165, 1.54) is 12.3 Å². The van der Waals surface area contributed by atoms with Crippen molar-refractivity contribution >= 4 is 15.9 Å². The van der Waals surface area contributed by atoms with Crippen LogP contribution in [-0.4, -0.2) is 4.98 Å². The Morgan fingerprint density at radius 2 is 2.18 bits per heavy atom. The van der Waals surface area contributed by atoms with Gasteiger partial charge in [-0.1, -0.05) is 22.0 Å². The number of halogens is 3. The maximum absolute atomic E-state index is 11.9. The van der Waals surface area contributed by atoms with E-state index in [-0.39, 0.29) is 5.69 Å². The van der Waals surface area contributed by atoms with Crippen molar-refractivity contribution in [1.82, 2.24) is 4.98 Å². The summed E-state index contributed by atoms with van der Waals surface area (Å²) in [6.07, 6.45) is -1.03. The zero-order chi connectivity index (χ0) is 8.27. The molecule has 0 spiro atoms. The van der Waals surface area contributed by atoms with E-state index < -0.39 is 6.43 Å². The first-order valence-corrected chi connectivity index (χ1v) is 4.15. The third-order valence-corrected chi connectivity index (χ3v) is 1.87. The van der Waals surface area contributed by atoms with Gasteiger partial charge < -0.3 is 0 Å². The van der Waals surface area contributed by atoms with Gasteiger partial charge in [0, 0.05) is 11.5 Å². The molecule has 0 unspecified atom stereocenters. The smallest absolute Gasteiger partial charge is 0.255 e. The molecule has 11 heavy (non-hydrogen) atoms. The van der Waals surface area contributed by atoms with Gasteiger partial charge in [-0.25, -0.2) is 8.78 Å². The first kappa shape index (κ1) is 8.59. The molecule has 0 radical (unpaired) electrons. The molecule has 60 valence electrons. The molecule has 4 heteroatoms. The summed E-state index contributed by atoms with van der Waals surface area (Å²) in [5.74, 6) is 0. The van der Waals surface area contributed by atoms with Gasteiger partial charge in [0.1, 0.15) is 5.69 Å². The Hall–Kier alpha value is -0.510. The Balaban J connectivity index is 2.83. The van der Waals surface area contributed by atoms with E-state index in [2.05, 4.69) is 20.9 Å². The van der Waals surface area contributed by atoms with E-state index in [0.29, 0.717) is 5.33 Å². The lowest BCUT2D eigenvalue weighted by Gasteiger charge is -1.98. The molecule has 0 aliphatic heterocycles. The SMILES string of the molecule is FC(F)c1ccc(CBr)cn1. The van der Waals surface area contributed by atoms with Crippen LogP contribution in [-0.2, 0) is 5.33 Å². The molecule has 0 atom stereocenters. The van der Waals surface area contributed by atoms with Gasteiger partial charge in [-0.3, -0.25) is 4.98 Å². The Morgan fingerprint density at radius 3 is 2.55 bits per heavy atom. The standard InChI is InChI=1S/C7H6BrF2N/c8-3-5-1-2-6(7(9)10)11-4-5/h1-2,4,7H,3H2. The summed E-state index contributed by atoms with van der Waals surface area (Å²) in [5.41, 5.74) is 0.726. The molecule has 0 amide bonds. The van der Waals surface area contributed by atoms with E-state index in [9.17, 15) is 8.78 Å². The largest absolute Gasteiger partial charge is 0.280 e. The molecule has 0 bridgehead atoms. The van der Waals surface area contributed by atoms with Crippen LogP contribution in [0, 0.1) is 0 Å². The normalized spacial score (nSPS) is 10.5. The van der Waals surface area contributed by atoms with E-state index in [1.54, 1.807) is 6.07 Å². The molecular weight excluding hydrogens is 216 g/mol. The van der Waals surface area contributed by atoms with Gasteiger partial charge in [0.05, 0.1) is 0 Å². The van der Waals surface area contributed by atoms with Gasteiger partial charge in [0.25, 0.3) is 6.43 Å². The first-order valence-electron chi connectivity index (χ1n) is 3.03. The Labute approximate surface area is 71.6 Å². The summed E-state index contributed by atoms with van der Waals surface area (Å²) in [7, 11) is 0. The van der Waals surface area contributed by atoms with Crippen LogP contribution >= 0.6 is 15.9 Å². The number of rotatable bonds is 2. The Kier molecular flexibility index (Phi) is 2.93. The molecule has 0 aliphatic rings. The van der Waals surface area contributed by atoms with Crippen LogP contribution in [0.3, 0.4) is 0 Å². The van der Waals surface area contributed by atoms with Crippen molar-refractivity contribution in [2.75, 3.05) is 0 Å². The number of hydrogen-bond donors (Lipinski definition) is 0. The molecule has 0 N–H and O–H groups in total. The second-order valence-corrected chi connectivity index (χ2v) is 2.59. The summed E-state index contributed by atoms with van der Waals surface area (Å²) in [6, 6.07) is 2.96. The van der Waals surface area contributed by atoms with Crippen LogP contribution in [0.25, 0.3) is 0 Å². The molecular formula is C7H6BrF2N. The van der Waals surface area contributed by atoms with Gasteiger partial charge in [-0.2, -0.15) is 0 Å². The average Bonchev–Trinajstić information content (AvgIpc) is 2.05. The zero-order valence-corrected chi connectivity index (χ0v) is 7.18. The second-order valence-electron chi connectivity index (χ2n) is 2.03. The van der Waals surface area contributed by atoms with Crippen LogP contribution in [0.4, 0.5) is 8.78 Å². The number of nitrogens with zero attached hydrogens (tertiary/aromatic N) is 1. The van der Waals surface area contributed by atoms with E-state index >= 15 is 0 Å². The van der Waals surface area contributed by atoms with Gasteiger partial charge in [-0.05, 0) is 11.6 Å². The van der Waals surface area contributed by atoms with E-state index in [1.807, 2.05) is 0 Å². The number of aromatic nitrogens is 1. The molecule has 0 saturated heterocycles. The van der Waals surface area contributed by atoms with Crippen LogP contribution in [0.1, 0.15) is 17.7 Å². The summed E-state index contributed by atoms with van der Waals surface area (Å²) < 4.78 is 23.9. The molecule has 1 rings (SSSR count). The van der Waals surface area contributed by atoms with Crippen LogP contribution < -0.4 is 0 Å². The zero-order valence-electron chi connectivity index (χ0n) is 5.60. The van der Waals surface area contributed by atoms with Crippen molar-refractivity contribution in [1.29, 1.82) is 0 Å². The van der Waals surface area contributed by atoms with Gasteiger partial charge >= 0.3 is 0 Å². The summed E-state index contributed by atoms with van der Waals surface area (Å²) in [4.78, 5) is 3.57. The maximum atomic E-state index is 11.9. The van der Waals surface area contributed by atoms with E-state index in [0.717, 1.165) is 5.56 Å². The molecule has 1 heterocycles. The predicted molar refractivity (Wildman–Crippen MR) is 41.8 cm³/mol. The highest BCUT2D eigenvalue weighted by Gasteiger charge is 2.06. The molecule has 0 fully saturated rings. The quantitative estimate of drug-likeness (QED) is 0.701. The monoisotopic (exact) mass is 221 g/mol. The average molecular weight is 222 g/mol. The molecule has 1 aromatic rings. The van der Waals surface area contributed by atoms with Crippen molar-refractivity contribution in [3.63, 3.8) is 0 Å². The topological polar surface area (TPSA) is 12.9 Å². The van der Waals surface area contributed by atoms with Crippen LogP contribution in [0.15, 0.2) is 18.3 Å². The highest BCUT2D eigenvalue weighted by Crippen LogP contribution is 2.16. The minimum Gasteiger partial charge on any atom is -0.255 e. The highest BCUT2D eigenvalue weighted by atomic mass is 79.9.